The van der Waals surface area contributed by atoms with Crippen molar-refractivity contribution in [3.63, 3.8) is 0 Å². The Morgan fingerprint density at radius 3 is 2.58 bits per heavy atom. The van der Waals surface area contributed by atoms with E-state index in [0.29, 0.717) is 0 Å². The van der Waals surface area contributed by atoms with Gasteiger partial charge in [-0.15, -0.1) is 0 Å². The minimum atomic E-state index is -0.537. The molecule has 0 spiro atoms. The topological polar surface area (TPSA) is 101 Å². The summed E-state index contributed by atoms with van der Waals surface area (Å²) in [6.45, 7) is 2.21. The van der Waals surface area contributed by atoms with E-state index >= 15 is 0 Å². The number of aliphatic hydroxyl groups excluding tert-OH is 1. The first kappa shape index (κ1) is 17.9. The van der Waals surface area contributed by atoms with Crippen LogP contribution in [0.4, 0.5) is 0 Å². The number of benzene rings is 1. The number of nitrogens with one attached hydrogen (secondary N) is 1. The normalized spacial score (nSPS) is 14.1. The number of carbonyl (C=O) groups is 2. The van der Waals surface area contributed by atoms with Crippen LogP contribution < -0.4 is 0 Å². The molecule has 0 saturated heterocycles. The van der Waals surface area contributed by atoms with Crippen molar-refractivity contribution in [1.29, 1.82) is 5.41 Å². The summed E-state index contributed by atoms with van der Waals surface area (Å²) in [6.07, 6.45) is 4.79. The quantitative estimate of drug-likeness (QED) is 0.358. The molecule has 1 aromatic carbocycles. The van der Waals surface area contributed by atoms with Gasteiger partial charge in [-0.2, -0.15) is 0 Å². The van der Waals surface area contributed by atoms with E-state index in [1.54, 1.807) is 6.26 Å². The van der Waals surface area contributed by atoms with Gasteiger partial charge in [0.15, 0.2) is 5.78 Å². The highest BCUT2D eigenvalue weighted by Gasteiger charge is 2.18. The van der Waals surface area contributed by atoms with Gasteiger partial charge in [0.25, 0.3) is 0 Å². The molecule has 6 nitrogen and oxygen atoms in total. The summed E-state index contributed by atoms with van der Waals surface area (Å²) in [6, 6.07) is 4.11. The number of ketones is 1. The van der Waals surface area contributed by atoms with Crippen molar-refractivity contribution >= 4 is 28.4 Å². The van der Waals surface area contributed by atoms with Crippen molar-refractivity contribution in [2.75, 3.05) is 6.61 Å². The number of hydrogen-bond donors (Lipinski definition) is 2. The molecule has 2 aromatic rings. The number of rotatable bonds is 6. The standard InChI is InChI=1S/C20H21NO5/c1-11(21)20(12(2)22)17(23)10-26-19(24)8-15-9-25-18-7-14-5-3-4-13(14)6-16(15)18/h6-7,9,21,23H,3-5,8,10H2,1-2H3/b20-17+,21-11?. The molecule has 0 unspecified atom stereocenters. The van der Waals surface area contributed by atoms with E-state index in [1.807, 2.05) is 6.07 Å². The average molecular weight is 355 g/mol. The summed E-state index contributed by atoms with van der Waals surface area (Å²) in [5, 5.41) is 18.3. The Kier molecular flexibility index (Phi) is 4.93. The van der Waals surface area contributed by atoms with Crippen LogP contribution in [0.2, 0.25) is 0 Å². The minimum absolute atomic E-state index is 0.0119. The van der Waals surface area contributed by atoms with Gasteiger partial charge in [-0.1, -0.05) is 0 Å². The third-order valence-corrected chi connectivity index (χ3v) is 4.59. The molecule has 0 amide bonds. The average Bonchev–Trinajstić information content (AvgIpc) is 3.17. The zero-order valence-electron chi connectivity index (χ0n) is 14.8. The summed E-state index contributed by atoms with van der Waals surface area (Å²) in [5.41, 5.74) is 3.90. The van der Waals surface area contributed by atoms with Crippen molar-refractivity contribution in [3.8, 4) is 0 Å². The van der Waals surface area contributed by atoms with Crippen molar-refractivity contribution in [3.05, 3.63) is 46.4 Å². The number of allylic oxidation sites excluding steroid dienone is 1. The third-order valence-electron chi connectivity index (χ3n) is 4.59. The van der Waals surface area contributed by atoms with Crippen molar-refractivity contribution in [1.82, 2.24) is 0 Å². The molecule has 1 aliphatic rings. The van der Waals surface area contributed by atoms with Gasteiger partial charge < -0.3 is 19.7 Å². The molecule has 1 heterocycles. The summed E-state index contributed by atoms with van der Waals surface area (Å²) in [5.74, 6) is -1.39. The second-order valence-electron chi connectivity index (χ2n) is 6.57. The first-order chi connectivity index (χ1) is 12.4. The largest absolute Gasteiger partial charge is 0.508 e. The molecule has 0 aliphatic heterocycles. The smallest absolute Gasteiger partial charge is 0.310 e. The maximum atomic E-state index is 12.1. The maximum Gasteiger partial charge on any atom is 0.310 e. The molecular formula is C20H21NO5. The number of fused-ring (bicyclic) bond motifs is 2. The number of aliphatic hydroxyl groups is 1. The zero-order chi connectivity index (χ0) is 18.8. The van der Waals surface area contributed by atoms with Gasteiger partial charge in [0.05, 0.1) is 18.3 Å². The second kappa shape index (κ2) is 7.15. The molecule has 0 atom stereocenters. The Bertz CT molecular complexity index is 919. The molecule has 2 N–H and O–H groups in total. The number of aryl methyl sites for hydroxylation is 2. The Balaban J connectivity index is 1.71. The predicted molar refractivity (Wildman–Crippen MR) is 96.6 cm³/mol. The van der Waals surface area contributed by atoms with Gasteiger partial charge in [-0.25, -0.2) is 0 Å². The van der Waals surface area contributed by atoms with Gasteiger partial charge in [0.1, 0.15) is 17.9 Å². The van der Waals surface area contributed by atoms with E-state index in [9.17, 15) is 14.7 Å². The lowest BCUT2D eigenvalue weighted by Gasteiger charge is -2.08. The van der Waals surface area contributed by atoms with E-state index < -0.39 is 24.1 Å². The summed E-state index contributed by atoms with van der Waals surface area (Å²) < 4.78 is 10.6. The van der Waals surface area contributed by atoms with Crippen LogP contribution in [0.15, 0.2) is 34.1 Å². The monoisotopic (exact) mass is 355 g/mol. The van der Waals surface area contributed by atoms with Gasteiger partial charge in [-0.3, -0.25) is 9.59 Å². The Labute approximate surface area is 151 Å². The third kappa shape index (κ3) is 3.54. The molecule has 0 bridgehead atoms. The highest BCUT2D eigenvalue weighted by atomic mass is 16.5. The Morgan fingerprint density at radius 2 is 1.92 bits per heavy atom. The van der Waals surface area contributed by atoms with Crippen LogP contribution in [0.5, 0.6) is 0 Å². The summed E-state index contributed by atoms with van der Waals surface area (Å²) >= 11 is 0. The number of furan rings is 1. The minimum Gasteiger partial charge on any atom is -0.508 e. The summed E-state index contributed by atoms with van der Waals surface area (Å²) in [7, 11) is 0. The molecule has 136 valence electrons. The Hall–Kier alpha value is -2.89. The van der Waals surface area contributed by atoms with E-state index in [2.05, 4.69) is 6.07 Å². The van der Waals surface area contributed by atoms with E-state index in [4.69, 9.17) is 14.6 Å². The van der Waals surface area contributed by atoms with Gasteiger partial charge in [-0.05, 0) is 56.4 Å². The van der Waals surface area contributed by atoms with Crippen LogP contribution in [0, 0.1) is 5.41 Å². The number of carbonyl (C=O) groups excluding carboxylic acids is 2. The highest BCUT2D eigenvalue weighted by Crippen LogP contribution is 2.30. The van der Waals surface area contributed by atoms with E-state index in [1.165, 1.54) is 25.0 Å². The lowest BCUT2D eigenvalue weighted by molar-refractivity contribution is -0.142. The van der Waals surface area contributed by atoms with Gasteiger partial charge >= 0.3 is 5.97 Å². The molecular weight excluding hydrogens is 334 g/mol. The first-order valence-corrected chi connectivity index (χ1v) is 8.53. The van der Waals surface area contributed by atoms with Crippen LogP contribution in [-0.4, -0.2) is 29.2 Å². The van der Waals surface area contributed by atoms with Crippen LogP contribution >= 0.6 is 0 Å². The lowest BCUT2D eigenvalue weighted by atomic mass is 10.0. The van der Waals surface area contributed by atoms with Crippen molar-refractivity contribution in [2.45, 2.75) is 39.5 Å². The van der Waals surface area contributed by atoms with Gasteiger partial charge in [0.2, 0.25) is 0 Å². The van der Waals surface area contributed by atoms with Crippen molar-refractivity contribution in [2.24, 2.45) is 0 Å². The fourth-order valence-corrected chi connectivity index (χ4v) is 3.40. The van der Waals surface area contributed by atoms with E-state index in [0.717, 1.165) is 35.8 Å². The zero-order valence-corrected chi connectivity index (χ0v) is 14.8. The van der Waals surface area contributed by atoms with Crippen LogP contribution in [0.3, 0.4) is 0 Å². The molecule has 3 rings (SSSR count). The Morgan fingerprint density at radius 1 is 1.23 bits per heavy atom. The second-order valence-corrected chi connectivity index (χ2v) is 6.57. The first-order valence-electron chi connectivity index (χ1n) is 8.53. The van der Waals surface area contributed by atoms with Crippen LogP contribution in [0.25, 0.3) is 11.0 Å². The van der Waals surface area contributed by atoms with Crippen LogP contribution in [-0.2, 0) is 33.6 Å². The molecule has 26 heavy (non-hydrogen) atoms. The molecule has 0 saturated carbocycles. The molecule has 0 radical (unpaired) electrons. The molecule has 6 heteroatoms. The number of esters is 1. The number of hydrogen-bond acceptors (Lipinski definition) is 6. The summed E-state index contributed by atoms with van der Waals surface area (Å²) in [4.78, 5) is 23.6. The van der Waals surface area contributed by atoms with E-state index in [-0.39, 0.29) is 17.7 Å². The molecule has 1 aliphatic carbocycles. The lowest BCUT2D eigenvalue weighted by Crippen LogP contribution is -2.15. The van der Waals surface area contributed by atoms with Crippen LogP contribution in [0.1, 0.15) is 37.0 Å². The van der Waals surface area contributed by atoms with Crippen molar-refractivity contribution < 1.29 is 23.8 Å². The maximum absolute atomic E-state index is 12.1. The number of Topliss-reactive ketones (excluding diaryl/α,β-unsaturated/α-hetero) is 1. The highest BCUT2D eigenvalue weighted by molar-refractivity contribution is 6.19. The molecule has 1 aromatic heterocycles. The SMILES string of the molecule is CC(=N)/C(C(C)=O)=C(\O)COC(=O)Cc1coc2cc3c(cc12)CCC3. The fourth-order valence-electron chi connectivity index (χ4n) is 3.40. The van der Waals surface area contributed by atoms with Gasteiger partial charge in [0, 0.05) is 16.7 Å². The number of ether oxygens (including phenoxy) is 1. The molecule has 0 fully saturated rings. The fraction of sp³-hybridized carbons (Fsp3) is 0.350. The predicted octanol–water partition coefficient (Wildman–Crippen LogP) is 3.45.